The van der Waals surface area contributed by atoms with Gasteiger partial charge in [0.25, 0.3) is 0 Å². The van der Waals surface area contributed by atoms with Crippen LogP contribution in [-0.4, -0.2) is 44.0 Å². The minimum atomic E-state index is -3.85. The number of hydrogen-bond acceptors (Lipinski definition) is 6. The van der Waals surface area contributed by atoms with Gasteiger partial charge in [-0.15, -0.1) is 0 Å². The predicted molar refractivity (Wildman–Crippen MR) is 144 cm³/mol. The Bertz CT molecular complexity index is 1410. The van der Waals surface area contributed by atoms with Crippen LogP contribution in [0.4, 0.5) is 5.69 Å². The van der Waals surface area contributed by atoms with Crippen LogP contribution in [0, 0.1) is 33.6 Å². The number of ether oxygens (including phenoxy) is 1. The number of piperidine rings is 1. The first-order valence-electron chi connectivity index (χ1n) is 12.3. The molecule has 1 amide bonds. The second-order valence-corrected chi connectivity index (χ2v) is 11.4. The molecule has 0 spiro atoms. The monoisotopic (exact) mass is 523 g/mol. The lowest BCUT2D eigenvalue weighted by atomic mass is 9.97. The molecule has 1 aliphatic heterocycles. The van der Waals surface area contributed by atoms with E-state index in [1.165, 1.54) is 9.87 Å². The lowest BCUT2D eigenvalue weighted by Gasteiger charge is -2.30. The Morgan fingerprint density at radius 1 is 1.08 bits per heavy atom. The molecule has 4 rings (SSSR count). The van der Waals surface area contributed by atoms with E-state index < -0.39 is 10.0 Å². The number of amides is 1. The Labute approximate surface area is 218 Å². The van der Waals surface area contributed by atoms with E-state index in [2.05, 4.69) is 22.6 Å². The Hall–Kier alpha value is -3.43. The summed E-state index contributed by atoms with van der Waals surface area (Å²) in [5, 5.41) is 6.86. The minimum absolute atomic E-state index is 0.0745. The molecule has 0 atom stereocenters. The molecule has 1 N–H and O–H groups in total. The zero-order valence-electron chi connectivity index (χ0n) is 21.9. The third kappa shape index (κ3) is 5.78. The quantitative estimate of drug-likeness (QED) is 0.461. The van der Waals surface area contributed by atoms with Gasteiger partial charge in [-0.2, -0.15) is 4.31 Å². The van der Waals surface area contributed by atoms with Crippen molar-refractivity contribution in [3.05, 3.63) is 70.1 Å². The van der Waals surface area contributed by atoms with Crippen molar-refractivity contribution in [2.75, 3.05) is 25.5 Å². The number of carbonyl (C=O) groups is 1. The number of sulfonamides is 1. The minimum Gasteiger partial charge on any atom is -0.497 e. The number of methoxy groups -OCH3 is 1. The van der Waals surface area contributed by atoms with Gasteiger partial charge in [-0.25, -0.2) is 8.42 Å². The molecule has 1 aliphatic rings. The van der Waals surface area contributed by atoms with Gasteiger partial charge in [-0.1, -0.05) is 35.0 Å². The van der Waals surface area contributed by atoms with Gasteiger partial charge in [0.05, 0.1) is 7.11 Å². The average molecular weight is 524 g/mol. The summed E-state index contributed by atoms with van der Waals surface area (Å²) < 4.78 is 39.2. The number of hydrogen-bond donors (Lipinski definition) is 1. The zero-order valence-corrected chi connectivity index (χ0v) is 22.7. The van der Waals surface area contributed by atoms with Crippen molar-refractivity contribution in [1.82, 2.24) is 9.46 Å². The fourth-order valence-electron chi connectivity index (χ4n) is 4.84. The second kappa shape index (κ2) is 10.9. The normalized spacial score (nSPS) is 15.3. The number of nitrogens with zero attached hydrogens (tertiary/aromatic N) is 2. The van der Waals surface area contributed by atoms with Gasteiger partial charge in [-0.05, 0) is 75.4 Å². The van der Waals surface area contributed by atoms with Crippen molar-refractivity contribution in [3.63, 3.8) is 0 Å². The first kappa shape index (κ1) is 26.6. The molecule has 1 aromatic heterocycles. The summed E-state index contributed by atoms with van der Waals surface area (Å²) in [4.78, 5) is 12.9. The van der Waals surface area contributed by atoms with E-state index in [1.807, 2.05) is 26.8 Å². The maximum Gasteiger partial charge on any atom is 0.248 e. The Morgan fingerprint density at radius 2 is 1.76 bits per heavy atom. The van der Waals surface area contributed by atoms with Gasteiger partial charge in [0.1, 0.15) is 11.4 Å². The van der Waals surface area contributed by atoms with Crippen LogP contribution in [0.3, 0.4) is 0 Å². The maximum atomic E-state index is 13.6. The Morgan fingerprint density at radius 3 is 2.41 bits per heavy atom. The summed E-state index contributed by atoms with van der Waals surface area (Å²) in [6.45, 7) is 8.20. The van der Waals surface area contributed by atoms with Crippen LogP contribution in [0.15, 0.2) is 45.8 Å². The first-order valence-corrected chi connectivity index (χ1v) is 13.7. The molecule has 2 heterocycles. The van der Waals surface area contributed by atoms with E-state index in [4.69, 9.17) is 9.26 Å². The van der Waals surface area contributed by atoms with E-state index >= 15 is 0 Å². The molecule has 0 aliphatic carbocycles. The highest BCUT2D eigenvalue weighted by atomic mass is 32.2. The van der Waals surface area contributed by atoms with Crippen LogP contribution >= 0.6 is 0 Å². The van der Waals surface area contributed by atoms with Crippen molar-refractivity contribution < 1.29 is 22.5 Å². The molecule has 37 heavy (non-hydrogen) atoms. The van der Waals surface area contributed by atoms with Crippen LogP contribution in [0.25, 0.3) is 12.2 Å². The fourth-order valence-corrected chi connectivity index (χ4v) is 6.56. The van der Waals surface area contributed by atoms with Gasteiger partial charge >= 0.3 is 0 Å². The smallest absolute Gasteiger partial charge is 0.248 e. The third-order valence-electron chi connectivity index (χ3n) is 6.73. The van der Waals surface area contributed by atoms with Crippen molar-refractivity contribution >= 4 is 33.8 Å². The van der Waals surface area contributed by atoms with E-state index in [0.717, 1.165) is 16.7 Å². The summed E-state index contributed by atoms with van der Waals surface area (Å²) in [6, 6.07) is 11.3. The molecule has 196 valence electrons. The van der Waals surface area contributed by atoms with Gasteiger partial charge in [0, 0.05) is 30.8 Å². The molecule has 8 nitrogen and oxygen atoms in total. The first-order chi connectivity index (χ1) is 17.6. The molecular formula is C28H33N3O5S. The fraction of sp³-hybridized carbons (Fsp3) is 0.357. The van der Waals surface area contributed by atoms with Crippen molar-refractivity contribution in [1.29, 1.82) is 0 Å². The highest BCUT2D eigenvalue weighted by molar-refractivity contribution is 7.89. The van der Waals surface area contributed by atoms with Gasteiger partial charge in [-0.3, -0.25) is 4.79 Å². The molecule has 9 heteroatoms. The largest absolute Gasteiger partial charge is 0.497 e. The van der Waals surface area contributed by atoms with Crippen molar-refractivity contribution in [3.8, 4) is 5.75 Å². The number of nitrogens with one attached hydrogen (secondary N) is 1. The SMILES string of the molecule is COc1cccc(NC(=O)C2CCN(S(=O)(=O)c3c(C)noc3C=Cc3c(C)cc(C)cc3C)CC2)c1. The molecule has 1 fully saturated rings. The van der Waals surface area contributed by atoms with Crippen molar-refractivity contribution in [2.24, 2.45) is 5.92 Å². The number of aryl methyl sites for hydroxylation is 4. The molecule has 0 saturated carbocycles. The highest BCUT2D eigenvalue weighted by Gasteiger charge is 2.36. The van der Waals surface area contributed by atoms with E-state index in [1.54, 1.807) is 44.4 Å². The zero-order chi connectivity index (χ0) is 26.7. The second-order valence-electron chi connectivity index (χ2n) is 9.51. The Balaban J connectivity index is 1.47. The highest BCUT2D eigenvalue weighted by Crippen LogP contribution is 2.30. The maximum absolute atomic E-state index is 13.6. The number of benzene rings is 2. The van der Waals surface area contributed by atoms with Crippen LogP contribution in [0.1, 0.15) is 46.5 Å². The van der Waals surface area contributed by atoms with E-state index in [-0.39, 0.29) is 35.6 Å². The Kier molecular flexibility index (Phi) is 7.85. The topological polar surface area (TPSA) is 102 Å². The molecular weight excluding hydrogens is 490 g/mol. The van der Waals surface area contributed by atoms with E-state index in [0.29, 0.717) is 30.0 Å². The lowest BCUT2D eigenvalue weighted by molar-refractivity contribution is -0.120. The molecule has 0 bridgehead atoms. The molecule has 1 saturated heterocycles. The third-order valence-corrected chi connectivity index (χ3v) is 8.79. The van der Waals surface area contributed by atoms with Crippen LogP contribution in [0.5, 0.6) is 5.75 Å². The number of anilines is 1. The summed E-state index contributed by atoms with van der Waals surface area (Å²) in [7, 11) is -2.28. The van der Waals surface area contributed by atoms with E-state index in [9.17, 15) is 13.2 Å². The van der Waals surface area contributed by atoms with Gasteiger partial charge < -0.3 is 14.6 Å². The number of aromatic nitrogens is 1. The molecule has 3 aromatic rings. The van der Waals surface area contributed by atoms with Gasteiger partial charge in [0.2, 0.25) is 15.9 Å². The van der Waals surface area contributed by atoms with Crippen LogP contribution < -0.4 is 10.1 Å². The molecule has 0 radical (unpaired) electrons. The standard InChI is InChI=1S/C28H33N3O5S/c1-18-15-19(2)25(20(3)16-18)9-10-26-27(21(4)30-36-26)37(33,34)31-13-11-22(12-14-31)28(32)29-23-7-6-8-24(17-23)35-5/h6-10,15-17,22H,11-14H2,1-5H3,(H,29,32). The average Bonchev–Trinajstić information content (AvgIpc) is 3.24. The van der Waals surface area contributed by atoms with Gasteiger partial charge in [0.15, 0.2) is 10.7 Å². The molecule has 0 unspecified atom stereocenters. The predicted octanol–water partition coefficient (Wildman–Crippen LogP) is 5.13. The lowest BCUT2D eigenvalue weighted by Crippen LogP contribution is -2.41. The summed E-state index contributed by atoms with van der Waals surface area (Å²) in [6.07, 6.45) is 4.39. The van der Waals surface area contributed by atoms with Crippen LogP contribution in [0.2, 0.25) is 0 Å². The van der Waals surface area contributed by atoms with Crippen LogP contribution in [-0.2, 0) is 14.8 Å². The summed E-state index contributed by atoms with van der Waals surface area (Å²) in [5.74, 6) is 0.446. The number of rotatable bonds is 7. The molecule has 2 aromatic carbocycles. The van der Waals surface area contributed by atoms with Crippen molar-refractivity contribution in [2.45, 2.75) is 45.4 Å². The summed E-state index contributed by atoms with van der Waals surface area (Å²) in [5.41, 5.74) is 5.36. The number of carbonyl (C=O) groups excluding carboxylic acids is 1. The summed E-state index contributed by atoms with van der Waals surface area (Å²) >= 11 is 0.